The molecule has 0 spiro atoms. The number of para-hydroxylation sites is 1. The molecule has 3 nitrogen and oxygen atoms in total. The van der Waals surface area contributed by atoms with Gasteiger partial charge in [0.1, 0.15) is 5.75 Å². The van der Waals surface area contributed by atoms with E-state index in [4.69, 9.17) is 9.47 Å². The van der Waals surface area contributed by atoms with Crippen LogP contribution in [0, 0.1) is 6.92 Å². The zero-order chi connectivity index (χ0) is 15.6. The molecule has 0 bridgehead atoms. The van der Waals surface area contributed by atoms with Crippen LogP contribution < -0.4 is 4.74 Å². The molecule has 0 aliphatic carbocycles. The normalized spacial score (nSPS) is 21.7. The summed E-state index contributed by atoms with van der Waals surface area (Å²) < 4.78 is 24.4. The number of ether oxygens (including phenoxy) is 2. The number of hydrogen-bond donors (Lipinski definition) is 0. The minimum Gasteiger partial charge on any atom is -0.461 e. The van der Waals surface area contributed by atoms with E-state index in [1.807, 2.05) is 49.4 Å². The molecule has 0 saturated heterocycles. The van der Waals surface area contributed by atoms with Crippen LogP contribution in [0.25, 0.3) is 0 Å². The fourth-order valence-electron chi connectivity index (χ4n) is 2.66. The molecule has 22 heavy (non-hydrogen) atoms. The lowest BCUT2D eigenvalue weighted by atomic mass is 10.0. The second kappa shape index (κ2) is 6.23. The van der Waals surface area contributed by atoms with Gasteiger partial charge in [0.2, 0.25) is 5.79 Å². The number of hydrogen-bond acceptors (Lipinski definition) is 3. The van der Waals surface area contributed by atoms with Gasteiger partial charge in [-0.05, 0) is 37.1 Å². The average molecular weight is 316 g/mol. The summed E-state index contributed by atoms with van der Waals surface area (Å²) in [5, 5.41) is 0. The lowest BCUT2D eigenvalue weighted by Crippen LogP contribution is -2.46. The molecule has 2 atom stereocenters. The molecule has 0 amide bonds. The number of fused-ring (bicyclic) bond motifs is 1. The van der Waals surface area contributed by atoms with Gasteiger partial charge < -0.3 is 9.47 Å². The van der Waals surface area contributed by atoms with Crippen LogP contribution in [-0.4, -0.2) is 22.9 Å². The van der Waals surface area contributed by atoms with Gasteiger partial charge in [-0.2, -0.15) is 0 Å². The Morgan fingerprint density at radius 3 is 2.64 bits per heavy atom. The second-order valence-electron chi connectivity index (χ2n) is 5.63. The van der Waals surface area contributed by atoms with Gasteiger partial charge in [-0.15, -0.1) is 0 Å². The van der Waals surface area contributed by atoms with Crippen molar-refractivity contribution in [3.8, 4) is 5.75 Å². The van der Waals surface area contributed by atoms with E-state index in [1.165, 1.54) is 5.56 Å². The van der Waals surface area contributed by atoms with Crippen LogP contribution in [0.5, 0.6) is 5.75 Å². The van der Waals surface area contributed by atoms with E-state index in [2.05, 4.69) is 6.07 Å². The molecule has 0 N–H and O–H groups in total. The molecule has 1 aliphatic heterocycles. The van der Waals surface area contributed by atoms with E-state index in [1.54, 1.807) is 7.11 Å². The van der Waals surface area contributed by atoms with Gasteiger partial charge in [-0.1, -0.05) is 35.9 Å². The van der Waals surface area contributed by atoms with E-state index < -0.39 is 16.6 Å². The van der Waals surface area contributed by atoms with Gasteiger partial charge in [0.15, 0.2) is 0 Å². The average Bonchev–Trinajstić information content (AvgIpc) is 2.55. The van der Waals surface area contributed by atoms with Gasteiger partial charge in [-0.3, -0.25) is 4.21 Å². The quantitative estimate of drug-likeness (QED) is 0.866. The summed E-state index contributed by atoms with van der Waals surface area (Å²) in [7, 11) is 0.470. The molecule has 2 aromatic rings. The molecule has 0 radical (unpaired) electrons. The standard InChI is InChI=1S/C18H20O3S/c1-14-7-9-16(10-8-14)22(19)13-18(20-2)12-11-15-5-3-4-6-17(15)21-18/h3-10H,11-13H2,1-2H3/t18?,22-/m1/s1. The van der Waals surface area contributed by atoms with Crippen LogP contribution in [0.15, 0.2) is 53.4 Å². The monoisotopic (exact) mass is 316 g/mol. The molecular formula is C18H20O3S. The van der Waals surface area contributed by atoms with E-state index >= 15 is 0 Å². The maximum atomic E-state index is 12.7. The lowest BCUT2D eigenvalue weighted by molar-refractivity contribution is -0.156. The SMILES string of the molecule is COC1(C[S@@](=O)c2ccc(C)cc2)CCc2ccccc2O1. The van der Waals surface area contributed by atoms with Crippen molar-refractivity contribution < 1.29 is 13.7 Å². The highest BCUT2D eigenvalue weighted by Crippen LogP contribution is 2.34. The summed E-state index contributed by atoms with van der Waals surface area (Å²) in [6, 6.07) is 15.7. The Hall–Kier alpha value is -1.65. The molecule has 1 heterocycles. The Morgan fingerprint density at radius 2 is 1.91 bits per heavy atom. The third-order valence-corrected chi connectivity index (χ3v) is 5.55. The Balaban J connectivity index is 1.80. The second-order valence-corrected chi connectivity index (χ2v) is 7.08. The summed E-state index contributed by atoms with van der Waals surface area (Å²) in [4.78, 5) is 0.810. The highest BCUT2D eigenvalue weighted by atomic mass is 32.2. The topological polar surface area (TPSA) is 35.5 Å². The first-order chi connectivity index (χ1) is 10.6. The number of methoxy groups -OCH3 is 1. The first-order valence-corrected chi connectivity index (χ1v) is 8.71. The lowest BCUT2D eigenvalue weighted by Gasteiger charge is -2.37. The molecule has 0 saturated carbocycles. The predicted molar refractivity (Wildman–Crippen MR) is 87.6 cm³/mol. The van der Waals surface area contributed by atoms with Crippen molar-refractivity contribution >= 4 is 10.8 Å². The van der Waals surface area contributed by atoms with Crippen LogP contribution in [0.1, 0.15) is 17.5 Å². The molecule has 2 aromatic carbocycles. The Bertz CT molecular complexity index is 681. The van der Waals surface area contributed by atoms with Gasteiger partial charge >= 0.3 is 0 Å². The molecule has 3 rings (SSSR count). The molecule has 0 aromatic heterocycles. The fraction of sp³-hybridized carbons (Fsp3) is 0.333. The smallest absolute Gasteiger partial charge is 0.222 e. The minimum absolute atomic E-state index is 0.334. The molecule has 1 unspecified atom stereocenters. The first kappa shape index (κ1) is 15.3. The van der Waals surface area contributed by atoms with E-state index in [9.17, 15) is 4.21 Å². The van der Waals surface area contributed by atoms with E-state index in [-0.39, 0.29) is 0 Å². The van der Waals surface area contributed by atoms with Crippen molar-refractivity contribution in [3.63, 3.8) is 0 Å². The minimum atomic E-state index is -1.16. The molecule has 0 fully saturated rings. The van der Waals surface area contributed by atoms with Gasteiger partial charge in [0, 0.05) is 18.4 Å². The van der Waals surface area contributed by atoms with Crippen LogP contribution in [-0.2, 0) is 22.0 Å². The Morgan fingerprint density at radius 1 is 1.18 bits per heavy atom. The molecular weight excluding hydrogens is 296 g/mol. The molecule has 1 aliphatic rings. The third-order valence-electron chi connectivity index (χ3n) is 4.05. The highest BCUT2D eigenvalue weighted by Gasteiger charge is 2.38. The summed E-state index contributed by atoms with van der Waals surface area (Å²) in [6.45, 7) is 2.02. The molecule has 4 heteroatoms. The van der Waals surface area contributed by atoms with E-state index in [0.29, 0.717) is 12.2 Å². The summed E-state index contributed by atoms with van der Waals surface area (Å²) in [5.41, 5.74) is 2.33. The fourth-order valence-corrected chi connectivity index (χ4v) is 3.99. The maximum absolute atomic E-state index is 12.7. The Labute approximate surface area is 133 Å². The largest absolute Gasteiger partial charge is 0.461 e. The highest BCUT2D eigenvalue weighted by molar-refractivity contribution is 7.85. The van der Waals surface area contributed by atoms with Crippen molar-refractivity contribution in [1.29, 1.82) is 0 Å². The van der Waals surface area contributed by atoms with Gasteiger partial charge in [0.25, 0.3) is 0 Å². The number of aryl methyl sites for hydroxylation is 2. The third kappa shape index (κ3) is 3.08. The van der Waals surface area contributed by atoms with Gasteiger partial charge in [-0.25, -0.2) is 0 Å². The molecule has 116 valence electrons. The van der Waals surface area contributed by atoms with Crippen LogP contribution in [0.4, 0.5) is 0 Å². The summed E-state index contributed by atoms with van der Waals surface area (Å²) >= 11 is 0. The van der Waals surface area contributed by atoms with Crippen molar-refractivity contribution in [2.24, 2.45) is 0 Å². The van der Waals surface area contributed by atoms with Crippen LogP contribution in [0.2, 0.25) is 0 Å². The van der Waals surface area contributed by atoms with Gasteiger partial charge in [0.05, 0.1) is 16.6 Å². The number of benzene rings is 2. The van der Waals surface area contributed by atoms with Crippen molar-refractivity contribution in [2.45, 2.75) is 30.4 Å². The zero-order valence-electron chi connectivity index (χ0n) is 12.9. The van der Waals surface area contributed by atoms with Crippen molar-refractivity contribution in [2.75, 3.05) is 12.9 Å². The maximum Gasteiger partial charge on any atom is 0.222 e. The van der Waals surface area contributed by atoms with Crippen LogP contribution >= 0.6 is 0 Å². The Kier molecular flexibility index (Phi) is 4.32. The predicted octanol–water partition coefficient (Wildman–Crippen LogP) is 3.47. The van der Waals surface area contributed by atoms with Crippen LogP contribution in [0.3, 0.4) is 0 Å². The van der Waals surface area contributed by atoms with Crippen molar-refractivity contribution in [3.05, 3.63) is 59.7 Å². The summed E-state index contributed by atoms with van der Waals surface area (Å²) in [5.74, 6) is 0.349. The van der Waals surface area contributed by atoms with E-state index in [0.717, 1.165) is 22.6 Å². The first-order valence-electron chi connectivity index (χ1n) is 7.39. The van der Waals surface area contributed by atoms with Crippen molar-refractivity contribution in [1.82, 2.24) is 0 Å². The zero-order valence-corrected chi connectivity index (χ0v) is 13.7. The summed E-state index contributed by atoms with van der Waals surface area (Å²) in [6.07, 6.45) is 1.58. The number of rotatable bonds is 4.